The molecule has 0 bridgehead atoms. The van der Waals surface area contributed by atoms with Crippen molar-refractivity contribution in [3.05, 3.63) is 0 Å². The summed E-state index contributed by atoms with van der Waals surface area (Å²) in [4.78, 5) is 10.7. The van der Waals surface area contributed by atoms with Crippen LogP contribution in [0.5, 0.6) is 0 Å². The summed E-state index contributed by atoms with van der Waals surface area (Å²) in [6.45, 7) is 4.45. The first kappa shape index (κ1) is 14.1. The molecular formula is C8H16O2Y. The minimum Gasteiger partial charge on any atom is -0.466 e. The van der Waals surface area contributed by atoms with Crippen LogP contribution in [-0.4, -0.2) is 12.6 Å². The van der Waals surface area contributed by atoms with Crippen LogP contribution in [0.1, 0.15) is 39.5 Å². The zero-order valence-electron chi connectivity index (χ0n) is 7.43. The van der Waals surface area contributed by atoms with Gasteiger partial charge in [0.25, 0.3) is 0 Å². The molecule has 0 unspecified atom stereocenters. The third kappa shape index (κ3) is 10.6. The van der Waals surface area contributed by atoms with E-state index in [9.17, 15) is 4.79 Å². The van der Waals surface area contributed by atoms with Crippen LogP contribution in [0.3, 0.4) is 0 Å². The summed E-state index contributed by atoms with van der Waals surface area (Å²) in [7, 11) is 0. The number of unbranched alkanes of at least 4 members (excludes halogenated alkanes) is 2. The van der Waals surface area contributed by atoms with Crippen molar-refractivity contribution in [1.29, 1.82) is 0 Å². The maximum absolute atomic E-state index is 10.7. The second-order valence-corrected chi connectivity index (χ2v) is 2.26. The summed E-state index contributed by atoms with van der Waals surface area (Å²) in [6.07, 6.45) is 3.83. The fourth-order valence-corrected chi connectivity index (χ4v) is 0.752. The van der Waals surface area contributed by atoms with Crippen LogP contribution in [0.4, 0.5) is 0 Å². The molecule has 63 valence electrons. The number of carbonyl (C=O) groups excluding carboxylic acids is 1. The molecule has 0 aliphatic heterocycles. The van der Waals surface area contributed by atoms with Crippen molar-refractivity contribution in [2.45, 2.75) is 39.5 Å². The molecule has 0 saturated heterocycles. The van der Waals surface area contributed by atoms with E-state index in [2.05, 4.69) is 6.92 Å². The average Bonchev–Trinajstić information content (AvgIpc) is 1.89. The fraction of sp³-hybridized carbons (Fsp3) is 0.875. The second kappa shape index (κ2) is 10.6. The van der Waals surface area contributed by atoms with E-state index in [-0.39, 0.29) is 38.7 Å². The van der Waals surface area contributed by atoms with E-state index in [0.717, 1.165) is 19.3 Å². The summed E-state index contributed by atoms with van der Waals surface area (Å²) >= 11 is 0. The Balaban J connectivity index is 0. The number of carbonyl (C=O) groups is 1. The molecule has 0 atom stereocenters. The smallest absolute Gasteiger partial charge is 0.305 e. The molecule has 0 aromatic heterocycles. The molecule has 0 saturated carbocycles. The second-order valence-electron chi connectivity index (χ2n) is 2.26. The predicted octanol–water partition coefficient (Wildman–Crippen LogP) is 2.13. The van der Waals surface area contributed by atoms with Gasteiger partial charge in [-0.1, -0.05) is 19.8 Å². The zero-order valence-corrected chi connectivity index (χ0v) is 10.3. The molecule has 2 nitrogen and oxygen atoms in total. The summed E-state index contributed by atoms with van der Waals surface area (Å²) < 4.78 is 4.75. The molecule has 0 aromatic rings. The Kier molecular flexibility index (Phi) is 13.6. The standard InChI is InChI=1S/C8H16O2.Y/c1-3-5-6-7-8(9)10-4-2;/h3-7H2,1-2H3;. The monoisotopic (exact) mass is 233 g/mol. The van der Waals surface area contributed by atoms with Gasteiger partial charge in [-0.05, 0) is 13.3 Å². The minimum absolute atomic E-state index is 0. The van der Waals surface area contributed by atoms with Crippen molar-refractivity contribution in [1.82, 2.24) is 0 Å². The topological polar surface area (TPSA) is 26.3 Å². The molecule has 3 heteroatoms. The number of hydrogen-bond donors (Lipinski definition) is 0. The van der Waals surface area contributed by atoms with Crippen molar-refractivity contribution < 1.29 is 42.2 Å². The Morgan fingerprint density at radius 3 is 2.36 bits per heavy atom. The molecule has 11 heavy (non-hydrogen) atoms. The maximum atomic E-state index is 10.7. The van der Waals surface area contributed by atoms with E-state index < -0.39 is 0 Å². The molecule has 0 fully saturated rings. The van der Waals surface area contributed by atoms with Gasteiger partial charge in [0, 0.05) is 39.1 Å². The van der Waals surface area contributed by atoms with Gasteiger partial charge in [0.15, 0.2) is 0 Å². The van der Waals surface area contributed by atoms with Crippen LogP contribution in [-0.2, 0) is 42.2 Å². The van der Waals surface area contributed by atoms with Crippen LogP contribution < -0.4 is 0 Å². The van der Waals surface area contributed by atoms with Gasteiger partial charge < -0.3 is 4.74 Å². The van der Waals surface area contributed by atoms with Gasteiger partial charge in [-0.3, -0.25) is 4.79 Å². The van der Waals surface area contributed by atoms with Crippen molar-refractivity contribution in [3.63, 3.8) is 0 Å². The van der Waals surface area contributed by atoms with Crippen LogP contribution in [0.15, 0.2) is 0 Å². The van der Waals surface area contributed by atoms with Crippen molar-refractivity contribution in [3.8, 4) is 0 Å². The minimum atomic E-state index is -0.0593. The molecule has 0 rings (SSSR count). The molecule has 0 aliphatic carbocycles. The van der Waals surface area contributed by atoms with Crippen LogP contribution in [0, 0.1) is 0 Å². The number of esters is 1. The Labute approximate surface area is 94.0 Å². The van der Waals surface area contributed by atoms with Gasteiger partial charge in [-0.15, -0.1) is 0 Å². The third-order valence-corrected chi connectivity index (χ3v) is 1.29. The van der Waals surface area contributed by atoms with E-state index in [1.165, 1.54) is 0 Å². The maximum Gasteiger partial charge on any atom is 0.305 e. The molecule has 0 heterocycles. The van der Waals surface area contributed by atoms with Gasteiger partial charge in [-0.25, -0.2) is 0 Å². The number of ether oxygens (including phenoxy) is 1. The van der Waals surface area contributed by atoms with Crippen LogP contribution in [0.25, 0.3) is 0 Å². The first-order valence-corrected chi connectivity index (χ1v) is 3.96. The van der Waals surface area contributed by atoms with Crippen molar-refractivity contribution in [2.75, 3.05) is 6.61 Å². The SMILES string of the molecule is CCCCCC(=O)OCC.[Y]. The number of rotatable bonds is 5. The third-order valence-electron chi connectivity index (χ3n) is 1.29. The molecule has 1 radical (unpaired) electrons. The Bertz CT molecular complexity index is 94.1. The zero-order chi connectivity index (χ0) is 7.82. The summed E-state index contributed by atoms with van der Waals surface area (Å²) in [6, 6.07) is 0. The first-order chi connectivity index (χ1) is 4.81. The van der Waals surface area contributed by atoms with Crippen molar-refractivity contribution >= 4 is 5.97 Å². The Morgan fingerprint density at radius 2 is 1.91 bits per heavy atom. The van der Waals surface area contributed by atoms with E-state index >= 15 is 0 Å². The van der Waals surface area contributed by atoms with Gasteiger partial charge in [-0.2, -0.15) is 0 Å². The van der Waals surface area contributed by atoms with Crippen LogP contribution >= 0.6 is 0 Å². The normalized spacial score (nSPS) is 8.55. The van der Waals surface area contributed by atoms with E-state index in [1.54, 1.807) is 0 Å². The molecule has 0 aromatic carbocycles. The van der Waals surface area contributed by atoms with Gasteiger partial charge in [0.2, 0.25) is 0 Å². The molecule has 0 N–H and O–H groups in total. The van der Waals surface area contributed by atoms with E-state index in [1.807, 2.05) is 6.92 Å². The Hall–Kier alpha value is 0.574. The van der Waals surface area contributed by atoms with Crippen molar-refractivity contribution in [2.24, 2.45) is 0 Å². The Morgan fingerprint density at radius 1 is 1.27 bits per heavy atom. The van der Waals surface area contributed by atoms with Crippen LogP contribution in [0.2, 0.25) is 0 Å². The summed E-state index contributed by atoms with van der Waals surface area (Å²) in [5.41, 5.74) is 0. The molecule has 0 amide bonds. The van der Waals surface area contributed by atoms with Gasteiger partial charge >= 0.3 is 5.97 Å². The average molecular weight is 233 g/mol. The summed E-state index contributed by atoms with van der Waals surface area (Å²) in [5, 5.41) is 0. The van der Waals surface area contributed by atoms with Gasteiger partial charge in [0.1, 0.15) is 0 Å². The predicted molar refractivity (Wildman–Crippen MR) is 40.8 cm³/mol. The molecule has 0 spiro atoms. The first-order valence-electron chi connectivity index (χ1n) is 3.96. The fourth-order valence-electron chi connectivity index (χ4n) is 0.752. The summed E-state index contributed by atoms with van der Waals surface area (Å²) in [5.74, 6) is -0.0593. The van der Waals surface area contributed by atoms with E-state index in [4.69, 9.17) is 4.74 Å². The molecule has 0 aliphatic rings. The van der Waals surface area contributed by atoms with Gasteiger partial charge in [0.05, 0.1) is 6.61 Å². The largest absolute Gasteiger partial charge is 0.466 e. The number of hydrogen-bond acceptors (Lipinski definition) is 2. The molecular weight excluding hydrogens is 217 g/mol. The quantitative estimate of drug-likeness (QED) is 0.537. The van der Waals surface area contributed by atoms with E-state index in [0.29, 0.717) is 13.0 Å².